The van der Waals surface area contributed by atoms with Crippen molar-refractivity contribution in [2.45, 2.75) is 18.6 Å². The fraction of sp³-hybridized carbons (Fsp3) is 0.250. The van der Waals surface area contributed by atoms with E-state index < -0.39 is 5.97 Å². The van der Waals surface area contributed by atoms with Crippen molar-refractivity contribution in [2.24, 2.45) is 0 Å². The minimum absolute atomic E-state index is 0.103. The van der Waals surface area contributed by atoms with Crippen molar-refractivity contribution in [1.82, 2.24) is 24.5 Å². The lowest BCUT2D eigenvalue weighted by Crippen LogP contribution is -2.10. The molecule has 0 spiro atoms. The largest absolute Gasteiger partial charge is 0.495 e. The number of ether oxygens (including phenoxy) is 1. The highest BCUT2D eigenvalue weighted by atomic mass is 32.2. The predicted octanol–water partition coefficient (Wildman–Crippen LogP) is 2.01. The number of hydrogen-bond acceptors (Lipinski definition) is 6. The molecule has 1 aromatic carbocycles. The van der Waals surface area contributed by atoms with Crippen molar-refractivity contribution < 1.29 is 14.6 Å². The van der Waals surface area contributed by atoms with Crippen LogP contribution < -0.4 is 4.74 Å². The number of methoxy groups -OCH3 is 1. The van der Waals surface area contributed by atoms with Crippen molar-refractivity contribution in [3.63, 3.8) is 0 Å². The van der Waals surface area contributed by atoms with Crippen molar-refractivity contribution in [1.29, 1.82) is 0 Å². The zero-order valence-corrected chi connectivity index (χ0v) is 14.6. The van der Waals surface area contributed by atoms with Gasteiger partial charge < -0.3 is 9.84 Å². The quantitative estimate of drug-likeness (QED) is 0.645. The van der Waals surface area contributed by atoms with Crippen molar-refractivity contribution >= 4 is 17.7 Å². The zero-order valence-electron chi connectivity index (χ0n) is 13.8. The second-order valence-electron chi connectivity index (χ2n) is 5.30. The molecule has 0 saturated carbocycles. The summed E-state index contributed by atoms with van der Waals surface area (Å²) in [6, 6.07) is 7.60. The Kier molecular flexibility index (Phi) is 5.03. The highest BCUT2D eigenvalue weighted by Crippen LogP contribution is 2.29. The number of hydrogen-bond donors (Lipinski definition) is 1. The Balaban J connectivity index is 2.08. The van der Waals surface area contributed by atoms with E-state index in [1.54, 1.807) is 18.0 Å². The maximum atomic E-state index is 10.9. The first kappa shape index (κ1) is 17.0. The van der Waals surface area contributed by atoms with Gasteiger partial charge in [-0.3, -0.25) is 14.0 Å². The van der Waals surface area contributed by atoms with Gasteiger partial charge in [-0.25, -0.2) is 0 Å². The molecule has 0 aliphatic carbocycles. The fourth-order valence-electron chi connectivity index (χ4n) is 2.38. The van der Waals surface area contributed by atoms with Crippen LogP contribution in [0.5, 0.6) is 5.75 Å². The van der Waals surface area contributed by atoms with Crippen LogP contribution in [0.25, 0.3) is 5.69 Å². The number of aliphatic carboxylic acids is 1. The van der Waals surface area contributed by atoms with Crippen LogP contribution in [0.15, 0.2) is 41.8 Å². The van der Waals surface area contributed by atoms with Gasteiger partial charge in [0.15, 0.2) is 11.0 Å². The molecule has 0 unspecified atom stereocenters. The molecule has 0 saturated heterocycles. The van der Waals surface area contributed by atoms with E-state index in [0.717, 1.165) is 23.0 Å². The monoisotopic (exact) mass is 359 g/mol. The van der Waals surface area contributed by atoms with Gasteiger partial charge in [-0.1, -0.05) is 17.8 Å². The van der Waals surface area contributed by atoms with Gasteiger partial charge in [-0.05, 0) is 30.7 Å². The summed E-state index contributed by atoms with van der Waals surface area (Å²) in [6.45, 7) is 2.38. The maximum Gasteiger partial charge on any atom is 0.313 e. The standard InChI is InChI=1S/C16H17N5O3S/c1-11-4-5-13(24-2)12(8-11)21-14(9-20-7-3-6-17-20)18-19-16(21)25-10-15(22)23/h3-8H,9-10H2,1-2H3,(H,22,23). The van der Waals surface area contributed by atoms with Gasteiger partial charge in [0.05, 0.1) is 18.6 Å². The zero-order chi connectivity index (χ0) is 17.8. The summed E-state index contributed by atoms with van der Waals surface area (Å²) in [5.74, 6) is 0.280. The van der Waals surface area contributed by atoms with E-state index in [9.17, 15) is 4.79 Å². The second-order valence-corrected chi connectivity index (χ2v) is 6.24. The van der Waals surface area contributed by atoms with E-state index in [1.807, 2.05) is 42.0 Å². The summed E-state index contributed by atoms with van der Waals surface area (Å²) in [6.07, 6.45) is 3.52. The maximum absolute atomic E-state index is 10.9. The smallest absolute Gasteiger partial charge is 0.313 e. The molecule has 130 valence electrons. The molecule has 9 heteroatoms. The third-order valence-corrected chi connectivity index (χ3v) is 4.38. The van der Waals surface area contributed by atoms with Crippen LogP contribution in [-0.2, 0) is 11.3 Å². The summed E-state index contributed by atoms with van der Waals surface area (Å²) in [5.41, 5.74) is 1.81. The molecule has 0 amide bonds. The van der Waals surface area contributed by atoms with Gasteiger partial charge in [0.1, 0.15) is 12.3 Å². The highest BCUT2D eigenvalue weighted by molar-refractivity contribution is 7.99. The number of thioether (sulfide) groups is 1. The number of carboxylic acid groups (broad SMARTS) is 1. The molecule has 0 fully saturated rings. The number of aromatic nitrogens is 5. The first-order valence-corrected chi connectivity index (χ1v) is 8.48. The minimum Gasteiger partial charge on any atom is -0.495 e. The third-order valence-electron chi connectivity index (χ3n) is 3.46. The van der Waals surface area contributed by atoms with Crippen molar-refractivity contribution in [2.75, 3.05) is 12.9 Å². The van der Waals surface area contributed by atoms with Crippen LogP contribution in [0.1, 0.15) is 11.4 Å². The lowest BCUT2D eigenvalue weighted by molar-refractivity contribution is -0.133. The van der Waals surface area contributed by atoms with E-state index >= 15 is 0 Å². The van der Waals surface area contributed by atoms with Crippen LogP contribution >= 0.6 is 11.8 Å². The average molecular weight is 359 g/mol. The molecule has 2 heterocycles. The Morgan fingerprint density at radius 2 is 2.20 bits per heavy atom. The topological polar surface area (TPSA) is 95.1 Å². The Morgan fingerprint density at radius 1 is 1.36 bits per heavy atom. The fourth-order valence-corrected chi connectivity index (χ4v) is 3.06. The lowest BCUT2D eigenvalue weighted by Gasteiger charge is -2.14. The third kappa shape index (κ3) is 3.82. The van der Waals surface area contributed by atoms with Crippen LogP contribution in [0.3, 0.4) is 0 Å². The van der Waals surface area contributed by atoms with Crippen LogP contribution in [-0.4, -0.2) is 48.5 Å². The molecular formula is C16H17N5O3S. The summed E-state index contributed by atoms with van der Waals surface area (Å²) in [5, 5.41) is 22.1. The van der Waals surface area contributed by atoms with Gasteiger partial charge >= 0.3 is 5.97 Å². The molecule has 2 aromatic heterocycles. The van der Waals surface area contributed by atoms with Gasteiger partial charge in [-0.15, -0.1) is 10.2 Å². The first-order chi connectivity index (χ1) is 12.1. The van der Waals surface area contributed by atoms with E-state index in [0.29, 0.717) is 23.3 Å². The van der Waals surface area contributed by atoms with Crippen molar-refractivity contribution in [3.8, 4) is 11.4 Å². The molecule has 3 rings (SSSR count). The summed E-state index contributed by atoms with van der Waals surface area (Å²) in [7, 11) is 1.59. The summed E-state index contributed by atoms with van der Waals surface area (Å²) >= 11 is 1.11. The highest BCUT2D eigenvalue weighted by Gasteiger charge is 2.19. The second kappa shape index (κ2) is 7.39. The molecule has 8 nitrogen and oxygen atoms in total. The van der Waals surface area contributed by atoms with E-state index in [-0.39, 0.29) is 5.75 Å². The molecule has 0 aliphatic heterocycles. The van der Waals surface area contributed by atoms with E-state index in [2.05, 4.69) is 15.3 Å². The number of aryl methyl sites for hydroxylation is 1. The van der Waals surface area contributed by atoms with Gasteiger partial charge in [-0.2, -0.15) is 5.10 Å². The van der Waals surface area contributed by atoms with Crippen LogP contribution in [0.4, 0.5) is 0 Å². The number of benzene rings is 1. The number of rotatable bonds is 7. The number of nitrogens with zero attached hydrogens (tertiary/aromatic N) is 5. The molecule has 0 bridgehead atoms. The van der Waals surface area contributed by atoms with Gasteiger partial charge in [0.2, 0.25) is 0 Å². The molecular weight excluding hydrogens is 342 g/mol. The molecule has 0 aliphatic rings. The molecule has 0 atom stereocenters. The van der Waals surface area contributed by atoms with E-state index in [1.165, 1.54) is 0 Å². The predicted molar refractivity (Wildman–Crippen MR) is 92.3 cm³/mol. The summed E-state index contributed by atoms with van der Waals surface area (Å²) in [4.78, 5) is 10.9. The van der Waals surface area contributed by atoms with Crippen molar-refractivity contribution in [3.05, 3.63) is 48.0 Å². The Bertz CT molecular complexity index is 876. The summed E-state index contributed by atoms with van der Waals surface area (Å²) < 4.78 is 9.02. The van der Waals surface area contributed by atoms with E-state index in [4.69, 9.17) is 9.84 Å². The SMILES string of the molecule is COc1ccc(C)cc1-n1c(Cn2cccn2)nnc1SCC(=O)O. The molecule has 25 heavy (non-hydrogen) atoms. The molecule has 0 radical (unpaired) electrons. The number of carboxylic acids is 1. The van der Waals surface area contributed by atoms with Gasteiger partial charge in [0.25, 0.3) is 0 Å². The average Bonchev–Trinajstić information content (AvgIpc) is 3.23. The Morgan fingerprint density at radius 3 is 2.88 bits per heavy atom. The number of carbonyl (C=O) groups is 1. The Hall–Kier alpha value is -2.81. The molecule has 1 N–H and O–H groups in total. The normalized spacial score (nSPS) is 10.8. The minimum atomic E-state index is -0.913. The van der Waals surface area contributed by atoms with Gasteiger partial charge in [0, 0.05) is 12.4 Å². The lowest BCUT2D eigenvalue weighted by atomic mass is 10.2. The first-order valence-electron chi connectivity index (χ1n) is 7.50. The molecule has 3 aromatic rings. The van der Waals surface area contributed by atoms with Crippen LogP contribution in [0.2, 0.25) is 0 Å². The van der Waals surface area contributed by atoms with Crippen LogP contribution in [0, 0.1) is 6.92 Å². The Labute approximate surface area is 148 Å².